The van der Waals surface area contributed by atoms with Gasteiger partial charge in [0.2, 0.25) is 17.5 Å². The number of aromatic nitrogens is 4. The predicted molar refractivity (Wildman–Crippen MR) is 86.1 cm³/mol. The van der Waals surface area contributed by atoms with Gasteiger partial charge in [-0.15, -0.1) is 5.10 Å². The van der Waals surface area contributed by atoms with Crippen LogP contribution in [0.4, 0.5) is 17.6 Å². The number of hydrogen-bond acceptors (Lipinski definition) is 5. The molecule has 2 aromatic heterocycles. The van der Waals surface area contributed by atoms with Crippen LogP contribution in [-0.4, -0.2) is 20.2 Å². The number of nitrogens with zero attached hydrogens (tertiary/aromatic N) is 2. The second-order valence-electron chi connectivity index (χ2n) is 5.10. The normalized spacial score (nSPS) is 10.6. The Morgan fingerprint density at radius 3 is 2.45 bits per heavy atom. The smallest absolute Gasteiger partial charge is 0.248 e. The molecule has 3 aromatic rings. The highest BCUT2D eigenvalue weighted by Crippen LogP contribution is 2.30. The lowest BCUT2D eigenvalue weighted by molar-refractivity contribution is 1.10. The molecule has 5 N–H and O–H groups in total. The van der Waals surface area contributed by atoms with Gasteiger partial charge in [0.05, 0.1) is 0 Å². The zero-order valence-corrected chi connectivity index (χ0v) is 12.3. The maximum atomic E-state index is 11.2. The van der Waals surface area contributed by atoms with Crippen LogP contribution in [0.15, 0.2) is 35.3 Å². The SMILES string of the molecule is Cc1cc(Nc2n[nH]c(N)n2)cc(C)c1-c1ccc(=O)[nH]c1. The lowest BCUT2D eigenvalue weighted by Gasteiger charge is -2.13. The first kappa shape index (κ1) is 13.9. The lowest BCUT2D eigenvalue weighted by atomic mass is 9.96. The molecule has 0 spiro atoms. The molecule has 7 heteroatoms. The fraction of sp³-hybridized carbons (Fsp3) is 0.133. The van der Waals surface area contributed by atoms with Gasteiger partial charge in [-0.1, -0.05) is 0 Å². The number of rotatable bonds is 3. The van der Waals surface area contributed by atoms with Crippen LogP contribution in [0, 0.1) is 13.8 Å². The van der Waals surface area contributed by atoms with Crippen LogP contribution in [0.1, 0.15) is 11.1 Å². The summed E-state index contributed by atoms with van der Waals surface area (Å²) in [5, 5.41) is 9.63. The van der Waals surface area contributed by atoms with E-state index >= 15 is 0 Å². The summed E-state index contributed by atoms with van der Waals surface area (Å²) in [6.45, 7) is 4.04. The molecule has 1 aromatic carbocycles. The Bertz CT molecular complexity index is 836. The van der Waals surface area contributed by atoms with Crippen LogP contribution < -0.4 is 16.6 Å². The molecule has 0 amide bonds. The summed E-state index contributed by atoms with van der Waals surface area (Å²) in [6, 6.07) is 7.34. The minimum Gasteiger partial charge on any atom is -0.368 e. The molecule has 7 nitrogen and oxygen atoms in total. The quantitative estimate of drug-likeness (QED) is 0.591. The van der Waals surface area contributed by atoms with E-state index in [1.54, 1.807) is 6.20 Å². The fourth-order valence-corrected chi connectivity index (χ4v) is 2.52. The first-order chi connectivity index (χ1) is 10.5. The Labute approximate surface area is 126 Å². The average Bonchev–Trinajstić information content (AvgIpc) is 2.85. The third kappa shape index (κ3) is 2.69. The maximum Gasteiger partial charge on any atom is 0.248 e. The molecule has 0 radical (unpaired) electrons. The van der Waals surface area contributed by atoms with Gasteiger partial charge in [-0.25, -0.2) is 5.10 Å². The Hall–Kier alpha value is -3.09. The lowest BCUT2D eigenvalue weighted by Crippen LogP contribution is -2.02. The maximum absolute atomic E-state index is 11.2. The van der Waals surface area contributed by atoms with Crippen molar-refractivity contribution in [3.8, 4) is 11.1 Å². The van der Waals surface area contributed by atoms with Gasteiger partial charge in [-0.2, -0.15) is 4.98 Å². The van der Waals surface area contributed by atoms with Gasteiger partial charge in [0.15, 0.2) is 0 Å². The Balaban J connectivity index is 1.97. The van der Waals surface area contributed by atoms with Crippen molar-refractivity contribution in [2.45, 2.75) is 13.8 Å². The van der Waals surface area contributed by atoms with E-state index in [2.05, 4.69) is 25.5 Å². The summed E-state index contributed by atoms with van der Waals surface area (Å²) in [7, 11) is 0. The Morgan fingerprint density at radius 2 is 1.91 bits per heavy atom. The summed E-state index contributed by atoms with van der Waals surface area (Å²) in [5.74, 6) is 0.689. The molecule has 0 saturated carbocycles. The van der Waals surface area contributed by atoms with Crippen molar-refractivity contribution in [2.24, 2.45) is 0 Å². The average molecular weight is 296 g/mol. The summed E-state index contributed by atoms with van der Waals surface area (Å²) < 4.78 is 0. The van der Waals surface area contributed by atoms with Crippen molar-refractivity contribution in [2.75, 3.05) is 11.1 Å². The minimum absolute atomic E-state index is 0.112. The number of pyridine rings is 1. The van der Waals surface area contributed by atoms with Crippen LogP contribution in [-0.2, 0) is 0 Å². The van der Waals surface area contributed by atoms with E-state index < -0.39 is 0 Å². The van der Waals surface area contributed by atoms with Gasteiger partial charge in [-0.3, -0.25) is 4.79 Å². The number of hydrogen-bond donors (Lipinski definition) is 4. The Kier molecular flexibility index (Phi) is 3.38. The van der Waals surface area contributed by atoms with Gasteiger partial charge >= 0.3 is 0 Å². The highest BCUT2D eigenvalue weighted by atomic mass is 16.1. The van der Waals surface area contributed by atoms with Gasteiger partial charge in [-0.05, 0) is 54.3 Å². The molecule has 0 saturated heterocycles. The standard InChI is InChI=1S/C15H16N6O/c1-8-5-11(18-15-19-14(16)20-21-15)6-9(2)13(8)10-3-4-12(22)17-7-10/h3-7H,1-2H3,(H,17,22)(H4,16,18,19,20,21). The van der Waals surface area contributed by atoms with Gasteiger partial charge in [0, 0.05) is 18.0 Å². The largest absolute Gasteiger partial charge is 0.368 e. The van der Waals surface area contributed by atoms with Crippen LogP contribution >= 0.6 is 0 Å². The monoisotopic (exact) mass is 296 g/mol. The number of H-pyrrole nitrogens is 2. The number of nitrogens with one attached hydrogen (secondary N) is 3. The number of anilines is 3. The molecule has 0 bridgehead atoms. The highest BCUT2D eigenvalue weighted by Gasteiger charge is 2.09. The second-order valence-corrected chi connectivity index (χ2v) is 5.10. The number of aryl methyl sites for hydroxylation is 2. The molecule has 0 aliphatic rings. The van der Waals surface area contributed by atoms with Crippen LogP contribution in [0.3, 0.4) is 0 Å². The summed E-state index contributed by atoms with van der Waals surface area (Å²) >= 11 is 0. The van der Waals surface area contributed by atoms with E-state index in [4.69, 9.17) is 5.73 Å². The van der Waals surface area contributed by atoms with Crippen LogP contribution in [0.2, 0.25) is 0 Å². The molecular formula is C15H16N6O. The van der Waals surface area contributed by atoms with Crippen molar-refractivity contribution in [1.29, 1.82) is 0 Å². The van der Waals surface area contributed by atoms with Crippen LogP contribution in [0.5, 0.6) is 0 Å². The third-order valence-electron chi connectivity index (χ3n) is 3.36. The molecular weight excluding hydrogens is 280 g/mol. The van der Waals surface area contributed by atoms with E-state index in [1.165, 1.54) is 6.07 Å². The number of benzene rings is 1. The second kappa shape index (κ2) is 5.36. The van der Waals surface area contributed by atoms with Crippen molar-refractivity contribution >= 4 is 17.6 Å². The Morgan fingerprint density at radius 1 is 1.18 bits per heavy atom. The van der Waals surface area contributed by atoms with Crippen LogP contribution in [0.25, 0.3) is 11.1 Å². The molecule has 3 rings (SSSR count). The predicted octanol–water partition coefficient (Wildman–Crippen LogP) is 2.10. The highest BCUT2D eigenvalue weighted by molar-refractivity contribution is 5.74. The van der Waals surface area contributed by atoms with Gasteiger partial charge in [0.25, 0.3) is 0 Å². The molecule has 0 fully saturated rings. The zero-order chi connectivity index (χ0) is 15.7. The van der Waals surface area contributed by atoms with Crippen molar-refractivity contribution in [3.63, 3.8) is 0 Å². The molecule has 2 heterocycles. The van der Waals surface area contributed by atoms with Crippen molar-refractivity contribution < 1.29 is 0 Å². The first-order valence-corrected chi connectivity index (χ1v) is 6.78. The summed E-state index contributed by atoms with van der Waals surface area (Å²) in [4.78, 5) is 17.9. The summed E-state index contributed by atoms with van der Waals surface area (Å²) in [6.07, 6.45) is 1.72. The van der Waals surface area contributed by atoms with E-state index in [0.717, 1.165) is 27.9 Å². The zero-order valence-electron chi connectivity index (χ0n) is 12.3. The number of nitrogens with two attached hydrogens (primary N) is 1. The van der Waals surface area contributed by atoms with E-state index in [9.17, 15) is 4.79 Å². The molecule has 0 aliphatic heterocycles. The third-order valence-corrected chi connectivity index (χ3v) is 3.36. The first-order valence-electron chi connectivity index (χ1n) is 6.78. The van der Waals surface area contributed by atoms with E-state index in [-0.39, 0.29) is 11.5 Å². The topological polar surface area (TPSA) is 112 Å². The number of nitrogen functional groups attached to an aromatic ring is 1. The molecule has 112 valence electrons. The molecule has 0 aliphatic carbocycles. The molecule has 0 unspecified atom stereocenters. The van der Waals surface area contributed by atoms with Gasteiger partial charge < -0.3 is 16.0 Å². The van der Waals surface area contributed by atoms with E-state index in [1.807, 2.05) is 32.0 Å². The fourth-order valence-electron chi connectivity index (χ4n) is 2.52. The van der Waals surface area contributed by atoms with Crippen molar-refractivity contribution in [1.82, 2.24) is 20.2 Å². The van der Waals surface area contributed by atoms with Gasteiger partial charge in [0.1, 0.15) is 0 Å². The van der Waals surface area contributed by atoms with Crippen molar-refractivity contribution in [3.05, 3.63) is 51.9 Å². The number of aromatic amines is 2. The minimum atomic E-state index is -0.112. The molecule has 22 heavy (non-hydrogen) atoms. The van der Waals surface area contributed by atoms with E-state index in [0.29, 0.717) is 5.95 Å². The molecule has 0 atom stereocenters. The summed E-state index contributed by atoms with van der Waals surface area (Å²) in [5.41, 5.74) is 10.5.